The number of piperazine rings is 1. The van der Waals surface area contributed by atoms with Crippen LogP contribution in [0.15, 0.2) is 29.6 Å². The summed E-state index contributed by atoms with van der Waals surface area (Å²) in [5, 5.41) is 2.71. The predicted molar refractivity (Wildman–Crippen MR) is 89.1 cm³/mol. The van der Waals surface area contributed by atoms with Gasteiger partial charge >= 0.3 is 0 Å². The van der Waals surface area contributed by atoms with Crippen molar-refractivity contribution in [1.29, 1.82) is 0 Å². The van der Waals surface area contributed by atoms with E-state index in [0.29, 0.717) is 24.3 Å². The number of carbonyl (C=O) groups is 1. The molecule has 0 aliphatic carbocycles. The molecule has 4 nitrogen and oxygen atoms in total. The highest BCUT2D eigenvalue weighted by Gasteiger charge is 2.27. The van der Waals surface area contributed by atoms with Crippen LogP contribution in [0, 0.1) is 12.7 Å². The Labute approximate surface area is 139 Å². The first-order valence-corrected chi connectivity index (χ1v) is 8.64. The van der Waals surface area contributed by atoms with Crippen LogP contribution in [0.3, 0.4) is 0 Å². The maximum Gasteiger partial charge on any atom is 0.273 e. The maximum atomic E-state index is 13.9. The molecule has 122 valence electrons. The van der Waals surface area contributed by atoms with Gasteiger partial charge in [0.1, 0.15) is 11.5 Å². The number of aromatic nitrogens is 1. The number of nitrogens with zero attached hydrogens (tertiary/aromatic N) is 3. The topological polar surface area (TPSA) is 36.4 Å². The molecular formula is C17H20FN3OS. The van der Waals surface area contributed by atoms with E-state index in [0.717, 1.165) is 18.1 Å². The highest BCUT2D eigenvalue weighted by atomic mass is 32.1. The zero-order chi connectivity index (χ0) is 16.4. The Morgan fingerprint density at radius 3 is 2.57 bits per heavy atom. The fourth-order valence-corrected chi connectivity index (χ4v) is 3.53. The lowest BCUT2D eigenvalue weighted by molar-refractivity contribution is 0.0574. The molecule has 3 rings (SSSR count). The summed E-state index contributed by atoms with van der Waals surface area (Å²) in [6, 6.07) is 6.90. The minimum Gasteiger partial charge on any atom is -0.335 e. The molecule has 23 heavy (non-hydrogen) atoms. The van der Waals surface area contributed by atoms with Gasteiger partial charge in [-0.05, 0) is 19.9 Å². The Morgan fingerprint density at radius 1 is 1.26 bits per heavy atom. The first kappa shape index (κ1) is 16.1. The average Bonchev–Trinajstić information content (AvgIpc) is 3.01. The zero-order valence-corrected chi connectivity index (χ0v) is 14.1. The van der Waals surface area contributed by atoms with E-state index >= 15 is 0 Å². The number of amides is 1. The van der Waals surface area contributed by atoms with E-state index in [4.69, 9.17) is 0 Å². The van der Waals surface area contributed by atoms with Gasteiger partial charge in [0, 0.05) is 43.2 Å². The lowest BCUT2D eigenvalue weighted by Gasteiger charge is -2.38. The molecular weight excluding hydrogens is 313 g/mol. The molecule has 1 fully saturated rings. The maximum absolute atomic E-state index is 13.9. The summed E-state index contributed by atoms with van der Waals surface area (Å²) >= 11 is 1.49. The van der Waals surface area contributed by atoms with Gasteiger partial charge in [-0.15, -0.1) is 11.3 Å². The molecule has 1 aliphatic heterocycles. The molecule has 1 atom stereocenters. The second kappa shape index (κ2) is 6.76. The summed E-state index contributed by atoms with van der Waals surface area (Å²) in [6.45, 7) is 6.69. The minimum absolute atomic E-state index is 0.00690. The van der Waals surface area contributed by atoms with Crippen LogP contribution in [0.2, 0.25) is 0 Å². The van der Waals surface area contributed by atoms with Gasteiger partial charge in [-0.25, -0.2) is 9.37 Å². The van der Waals surface area contributed by atoms with E-state index in [1.54, 1.807) is 6.07 Å². The summed E-state index contributed by atoms with van der Waals surface area (Å²) in [7, 11) is 0. The molecule has 0 spiro atoms. The summed E-state index contributed by atoms with van der Waals surface area (Å²) in [5.74, 6) is -0.177. The fourth-order valence-electron chi connectivity index (χ4n) is 2.95. The molecule has 0 bridgehead atoms. The van der Waals surface area contributed by atoms with E-state index in [9.17, 15) is 9.18 Å². The number of rotatable bonds is 3. The van der Waals surface area contributed by atoms with Gasteiger partial charge in [-0.3, -0.25) is 9.69 Å². The van der Waals surface area contributed by atoms with Crippen LogP contribution >= 0.6 is 11.3 Å². The Balaban J connectivity index is 1.62. The molecule has 6 heteroatoms. The van der Waals surface area contributed by atoms with E-state index in [1.165, 1.54) is 17.4 Å². The van der Waals surface area contributed by atoms with Crippen molar-refractivity contribution in [2.45, 2.75) is 19.9 Å². The van der Waals surface area contributed by atoms with E-state index in [-0.39, 0.29) is 17.8 Å². The van der Waals surface area contributed by atoms with E-state index in [1.807, 2.05) is 36.3 Å². The van der Waals surface area contributed by atoms with Crippen LogP contribution in [0.25, 0.3) is 0 Å². The van der Waals surface area contributed by atoms with Gasteiger partial charge in [-0.2, -0.15) is 0 Å². The Hall–Kier alpha value is -1.79. The van der Waals surface area contributed by atoms with Crippen molar-refractivity contribution in [3.8, 4) is 0 Å². The predicted octanol–water partition coefficient (Wildman–Crippen LogP) is 3.11. The van der Waals surface area contributed by atoms with Crippen molar-refractivity contribution in [2.75, 3.05) is 26.2 Å². The summed E-state index contributed by atoms with van der Waals surface area (Å²) in [5.41, 5.74) is 1.24. The molecule has 0 unspecified atom stereocenters. The van der Waals surface area contributed by atoms with Crippen LogP contribution in [-0.2, 0) is 0 Å². The quantitative estimate of drug-likeness (QED) is 0.866. The van der Waals surface area contributed by atoms with Gasteiger partial charge in [-0.1, -0.05) is 18.2 Å². The molecule has 1 aromatic heterocycles. The first-order valence-electron chi connectivity index (χ1n) is 7.76. The van der Waals surface area contributed by atoms with Crippen molar-refractivity contribution in [1.82, 2.24) is 14.8 Å². The number of thiazole rings is 1. The van der Waals surface area contributed by atoms with Crippen molar-refractivity contribution < 1.29 is 9.18 Å². The molecule has 0 N–H and O–H groups in total. The van der Waals surface area contributed by atoms with Crippen LogP contribution < -0.4 is 0 Å². The van der Waals surface area contributed by atoms with Gasteiger partial charge < -0.3 is 4.90 Å². The van der Waals surface area contributed by atoms with E-state index < -0.39 is 0 Å². The lowest BCUT2D eigenvalue weighted by atomic mass is 10.1. The van der Waals surface area contributed by atoms with Crippen LogP contribution in [-0.4, -0.2) is 46.9 Å². The van der Waals surface area contributed by atoms with Gasteiger partial charge in [0.05, 0.1) is 5.01 Å². The highest BCUT2D eigenvalue weighted by molar-refractivity contribution is 7.09. The standard InChI is InChI=1S/C17H20FN3OS/c1-12(14-5-3-4-6-15(14)18)20-7-9-21(10-8-20)17(22)16-11-23-13(2)19-16/h3-6,11-12H,7-10H2,1-2H3/t12-/m1/s1. The molecule has 0 radical (unpaired) electrons. The number of carbonyl (C=O) groups excluding carboxylic acids is 1. The van der Waals surface area contributed by atoms with Crippen molar-refractivity contribution >= 4 is 17.2 Å². The van der Waals surface area contributed by atoms with E-state index in [2.05, 4.69) is 9.88 Å². The second-order valence-electron chi connectivity index (χ2n) is 5.78. The summed E-state index contributed by atoms with van der Waals surface area (Å²) in [4.78, 5) is 20.7. The van der Waals surface area contributed by atoms with Gasteiger partial charge in [0.15, 0.2) is 0 Å². The van der Waals surface area contributed by atoms with Crippen LogP contribution in [0.1, 0.15) is 34.0 Å². The minimum atomic E-state index is -0.170. The third kappa shape index (κ3) is 3.43. The molecule has 1 amide bonds. The molecule has 1 saturated heterocycles. The fraction of sp³-hybridized carbons (Fsp3) is 0.412. The molecule has 1 aromatic carbocycles. The van der Waals surface area contributed by atoms with Gasteiger partial charge in [0.2, 0.25) is 0 Å². The highest BCUT2D eigenvalue weighted by Crippen LogP contribution is 2.24. The lowest BCUT2D eigenvalue weighted by Crippen LogP contribution is -2.49. The normalized spacial score (nSPS) is 17.3. The molecule has 1 aliphatic rings. The Bertz CT molecular complexity index is 695. The monoisotopic (exact) mass is 333 g/mol. The Morgan fingerprint density at radius 2 is 1.96 bits per heavy atom. The third-order valence-electron chi connectivity index (χ3n) is 4.34. The molecule has 2 aromatic rings. The van der Waals surface area contributed by atoms with Crippen molar-refractivity contribution in [2.24, 2.45) is 0 Å². The molecule has 2 heterocycles. The number of hydrogen-bond donors (Lipinski definition) is 0. The second-order valence-corrected chi connectivity index (χ2v) is 6.84. The third-order valence-corrected chi connectivity index (χ3v) is 5.12. The Kier molecular flexibility index (Phi) is 4.73. The average molecular weight is 333 g/mol. The number of aryl methyl sites for hydroxylation is 1. The van der Waals surface area contributed by atoms with Crippen LogP contribution in [0.5, 0.6) is 0 Å². The van der Waals surface area contributed by atoms with Crippen molar-refractivity contribution in [3.63, 3.8) is 0 Å². The number of halogens is 1. The summed E-state index contributed by atoms with van der Waals surface area (Å²) in [6.07, 6.45) is 0. The SMILES string of the molecule is Cc1nc(C(=O)N2CCN([C@H](C)c3ccccc3F)CC2)cs1. The van der Waals surface area contributed by atoms with Gasteiger partial charge in [0.25, 0.3) is 5.91 Å². The zero-order valence-electron chi connectivity index (χ0n) is 13.3. The smallest absolute Gasteiger partial charge is 0.273 e. The molecule has 0 saturated carbocycles. The summed E-state index contributed by atoms with van der Waals surface area (Å²) < 4.78 is 13.9. The number of benzene rings is 1. The first-order chi connectivity index (χ1) is 11.1. The number of hydrogen-bond acceptors (Lipinski definition) is 4. The van der Waals surface area contributed by atoms with Crippen molar-refractivity contribution in [3.05, 3.63) is 51.7 Å². The largest absolute Gasteiger partial charge is 0.335 e. The van der Waals surface area contributed by atoms with Crippen LogP contribution in [0.4, 0.5) is 4.39 Å².